The molecule has 0 aromatic rings. The molecule has 0 unspecified atom stereocenters. The van der Waals surface area contributed by atoms with Crippen molar-refractivity contribution in [2.45, 2.75) is 25.8 Å². The first-order chi connectivity index (χ1) is 6.18. The molecule has 3 heteroatoms. The highest BCUT2D eigenvalue weighted by atomic mass is 16.5. The minimum absolute atomic E-state index is 0.282. The van der Waals surface area contributed by atoms with Crippen LogP contribution in [0.3, 0.4) is 0 Å². The molecule has 0 aromatic heterocycles. The van der Waals surface area contributed by atoms with Crippen molar-refractivity contribution < 1.29 is 4.74 Å². The minimum Gasteiger partial charge on any atom is -0.381 e. The Bertz CT molecular complexity index is 133. The second-order valence-corrected chi connectivity index (χ2v) is 4.25. The van der Waals surface area contributed by atoms with E-state index in [1.54, 1.807) is 0 Å². The zero-order valence-electron chi connectivity index (χ0n) is 8.83. The standard InChI is InChI=1S/C10H22N2O/c1-9(11)7-12(2)8-10-3-5-13-6-4-10/h9-10H,3-8,11H2,1-2H3/t9-/m1/s1. The van der Waals surface area contributed by atoms with E-state index < -0.39 is 0 Å². The zero-order valence-corrected chi connectivity index (χ0v) is 8.83. The van der Waals surface area contributed by atoms with Crippen molar-refractivity contribution in [3.63, 3.8) is 0 Å². The van der Waals surface area contributed by atoms with E-state index in [-0.39, 0.29) is 6.04 Å². The Labute approximate surface area is 81.2 Å². The lowest BCUT2D eigenvalue weighted by Gasteiger charge is -2.27. The second-order valence-electron chi connectivity index (χ2n) is 4.25. The third-order valence-electron chi connectivity index (χ3n) is 2.51. The van der Waals surface area contributed by atoms with Crippen LogP contribution in [0.1, 0.15) is 19.8 Å². The summed E-state index contributed by atoms with van der Waals surface area (Å²) < 4.78 is 5.32. The van der Waals surface area contributed by atoms with Gasteiger partial charge < -0.3 is 15.4 Å². The van der Waals surface area contributed by atoms with Gasteiger partial charge in [-0.1, -0.05) is 0 Å². The molecule has 2 N–H and O–H groups in total. The highest BCUT2D eigenvalue weighted by Gasteiger charge is 2.15. The molecular weight excluding hydrogens is 164 g/mol. The van der Waals surface area contributed by atoms with Gasteiger partial charge in [-0.2, -0.15) is 0 Å². The lowest BCUT2D eigenvalue weighted by Crippen LogP contribution is -2.37. The van der Waals surface area contributed by atoms with Gasteiger partial charge in [0.05, 0.1) is 0 Å². The van der Waals surface area contributed by atoms with Crippen LogP contribution in [-0.4, -0.2) is 44.3 Å². The van der Waals surface area contributed by atoms with Gasteiger partial charge in [-0.05, 0) is 32.7 Å². The smallest absolute Gasteiger partial charge is 0.0469 e. The Kier molecular flexibility index (Phi) is 4.70. The van der Waals surface area contributed by atoms with Crippen molar-refractivity contribution in [2.75, 3.05) is 33.4 Å². The van der Waals surface area contributed by atoms with E-state index >= 15 is 0 Å². The first kappa shape index (κ1) is 11.0. The molecule has 78 valence electrons. The van der Waals surface area contributed by atoms with Crippen LogP contribution in [0.5, 0.6) is 0 Å². The Balaban J connectivity index is 2.14. The molecule has 1 rings (SSSR count). The van der Waals surface area contributed by atoms with Gasteiger partial charge in [0.2, 0.25) is 0 Å². The van der Waals surface area contributed by atoms with Crippen molar-refractivity contribution in [3.8, 4) is 0 Å². The summed E-state index contributed by atoms with van der Waals surface area (Å²) >= 11 is 0. The monoisotopic (exact) mass is 186 g/mol. The van der Waals surface area contributed by atoms with Crippen molar-refractivity contribution in [1.82, 2.24) is 4.90 Å². The first-order valence-electron chi connectivity index (χ1n) is 5.20. The van der Waals surface area contributed by atoms with Crippen molar-refractivity contribution in [2.24, 2.45) is 11.7 Å². The molecular formula is C10H22N2O. The van der Waals surface area contributed by atoms with Crippen molar-refractivity contribution in [3.05, 3.63) is 0 Å². The number of likely N-dealkylation sites (N-methyl/N-ethyl adjacent to an activating group) is 1. The van der Waals surface area contributed by atoms with Gasteiger partial charge in [0.25, 0.3) is 0 Å². The molecule has 0 aromatic carbocycles. The van der Waals surface area contributed by atoms with Gasteiger partial charge in [0.15, 0.2) is 0 Å². The summed E-state index contributed by atoms with van der Waals surface area (Å²) in [6, 6.07) is 0.282. The molecule has 1 fully saturated rings. The van der Waals surface area contributed by atoms with Crippen LogP contribution in [0.2, 0.25) is 0 Å². The van der Waals surface area contributed by atoms with E-state index in [0.29, 0.717) is 0 Å². The van der Waals surface area contributed by atoms with Crippen LogP contribution in [0.4, 0.5) is 0 Å². The third kappa shape index (κ3) is 4.60. The molecule has 1 aliphatic heterocycles. The maximum absolute atomic E-state index is 5.73. The maximum atomic E-state index is 5.73. The van der Waals surface area contributed by atoms with Crippen molar-refractivity contribution >= 4 is 0 Å². The van der Waals surface area contributed by atoms with Crippen molar-refractivity contribution in [1.29, 1.82) is 0 Å². The quantitative estimate of drug-likeness (QED) is 0.702. The van der Waals surface area contributed by atoms with Gasteiger partial charge in [-0.25, -0.2) is 0 Å². The molecule has 0 aliphatic carbocycles. The SMILES string of the molecule is C[C@@H](N)CN(C)CC1CCOCC1. The topological polar surface area (TPSA) is 38.5 Å². The number of nitrogens with two attached hydrogens (primary N) is 1. The Morgan fingerprint density at radius 1 is 1.46 bits per heavy atom. The van der Waals surface area contributed by atoms with E-state index in [2.05, 4.69) is 18.9 Å². The highest BCUT2D eigenvalue weighted by Crippen LogP contribution is 2.15. The number of hydrogen-bond acceptors (Lipinski definition) is 3. The summed E-state index contributed by atoms with van der Waals surface area (Å²) in [7, 11) is 2.15. The highest BCUT2D eigenvalue weighted by molar-refractivity contribution is 4.69. The van der Waals surface area contributed by atoms with E-state index in [9.17, 15) is 0 Å². The average molecular weight is 186 g/mol. The molecule has 3 nitrogen and oxygen atoms in total. The summed E-state index contributed by atoms with van der Waals surface area (Å²) in [5, 5.41) is 0. The van der Waals surface area contributed by atoms with E-state index in [4.69, 9.17) is 10.5 Å². The zero-order chi connectivity index (χ0) is 9.68. The molecule has 1 saturated heterocycles. The largest absolute Gasteiger partial charge is 0.381 e. The first-order valence-corrected chi connectivity index (χ1v) is 5.20. The van der Waals surface area contributed by atoms with Gasteiger partial charge in [0, 0.05) is 32.3 Å². The van der Waals surface area contributed by atoms with Gasteiger partial charge >= 0.3 is 0 Å². The fraction of sp³-hybridized carbons (Fsp3) is 1.00. The summed E-state index contributed by atoms with van der Waals surface area (Å²) in [5.74, 6) is 0.817. The molecule has 13 heavy (non-hydrogen) atoms. The molecule has 0 spiro atoms. The maximum Gasteiger partial charge on any atom is 0.0469 e. The molecule has 1 heterocycles. The molecule has 0 bridgehead atoms. The van der Waals surface area contributed by atoms with Crippen LogP contribution < -0.4 is 5.73 Å². The van der Waals surface area contributed by atoms with Gasteiger partial charge in [0.1, 0.15) is 0 Å². The minimum atomic E-state index is 0.282. The van der Waals surface area contributed by atoms with Gasteiger partial charge in [-0.3, -0.25) is 0 Å². The predicted molar refractivity (Wildman–Crippen MR) is 54.7 cm³/mol. The predicted octanol–water partition coefficient (Wildman–Crippen LogP) is 0.692. The summed E-state index contributed by atoms with van der Waals surface area (Å²) in [5.41, 5.74) is 5.73. The molecule has 0 saturated carbocycles. The molecule has 1 atom stereocenters. The normalized spacial score (nSPS) is 22.2. The average Bonchev–Trinajstić information content (AvgIpc) is 2.04. The lowest BCUT2D eigenvalue weighted by atomic mass is 10.00. The van der Waals surface area contributed by atoms with E-state index in [0.717, 1.165) is 25.7 Å². The Morgan fingerprint density at radius 3 is 2.62 bits per heavy atom. The fourth-order valence-corrected chi connectivity index (χ4v) is 1.94. The molecule has 0 radical (unpaired) electrons. The van der Waals surface area contributed by atoms with Crippen LogP contribution in [0, 0.1) is 5.92 Å². The van der Waals surface area contributed by atoms with Crippen LogP contribution in [-0.2, 0) is 4.74 Å². The van der Waals surface area contributed by atoms with Crippen LogP contribution in [0.25, 0.3) is 0 Å². The second kappa shape index (κ2) is 5.58. The van der Waals surface area contributed by atoms with E-state index in [1.807, 2.05) is 0 Å². The Hall–Kier alpha value is -0.120. The molecule has 1 aliphatic rings. The van der Waals surface area contributed by atoms with E-state index in [1.165, 1.54) is 19.4 Å². The van der Waals surface area contributed by atoms with Crippen LogP contribution >= 0.6 is 0 Å². The number of hydrogen-bond donors (Lipinski definition) is 1. The summed E-state index contributed by atoms with van der Waals surface area (Å²) in [6.07, 6.45) is 2.42. The summed E-state index contributed by atoms with van der Waals surface area (Å²) in [6.45, 7) is 6.11. The fourth-order valence-electron chi connectivity index (χ4n) is 1.94. The lowest BCUT2D eigenvalue weighted by molar-refractivity contribution is 0.0553. The third-order valence-corrected chi connectivity index (χ3v) is 2.51. The number of rotatable bonds is 4. The Morgan fingerprint density at radius 2 is 2.08 bits per heavy atom. The molecule has 0 amide bonds. The number of ether oxygens (including phenoxy) is 1. The number of nitrogens with zero attached hydrogens (tertiary/aromatic N) is 1. The van der Waals surface area contributed by atoms with Gasteiger partial charge in [-0.15, -0.1) is 0 Å². The summed E-state index contributed by atoms with van der Waals surface area (Å²) in [4.78, 5) is 2.33. The van der Waals surface area contributed by atoms with Crippen LogP contribution in [0.15, 0.2) is 0 Å².